The average Bonchev–Trinajstić information content (AvgIpc) is 2.92. The molecule has 0 unspecified atom stereocenters. The van der Waals surface area contributed by atoms with Crippen LogP contribution in [0, 0.1) is 0 Å². The molecule has 0 aliphatic heterocycles. The average molecular weight is 437 g/mol. The second-order valence-electron chi connectivity index (χ2n) is 10.8. The topological polar surface area (TPSA) is 27.7 Å². The molecule has 0 saturated heterocycles. The van der Waals surface area contributed by atoms with Gasteiger partial charge in [0.1, 0.15) is 0 Å². The fourth-order valence-corrected chi connectivity index (χ4v) is 10.4. The van der Waals surface area contributed by atoms with Crippen LogP contribution in [0.5, 0.6) is 0 Å². The summed E-state index contributed by atoms with van der Waals surface area (Å²) >= 11 is 0. The lowest BCUT2D eigenvalue weighted by molar-refractivity contribution is -0.0357. The summed E-state index contributed by atoms with van der Waals surface area (Å²) in [5.74, 6) is 0. The first kappa shape index (κ1) is 23.3. The summed E-state index contributed by atoms with van der Waals surface area (Å²) in [4.78, 5) is 0. The second-order valence-corrected chi connectivity index (χ2v) is 13.5. The van der Waals surface area contributed by atoms with Gasteiger partial charge in [-0.1, -0.05) is 89.9 Å². The monoisotopic (exact) mass is 436 g/mol. The molecule has 3 nitrogen and oxygen atoms in total. The predicted molar refractivity (Wildman–Crippen MR) is 126 cm³/mol. The van der Waals surface area contributed by atoms with Crippen molar-refractivity contribution in [2.24, 2.45) is 0 Å². The number of hydrogen-bond donors (Lipinski definition) is 0. The molecule has 0 aromatic heterocycles. The maximum atomic E-state index is 7.22. The lowest BCUT2D eigenvalue weighted by Crippen LogP contribution is -2.55. The van der Waals surface area contributed by atoms with Crippen molar-refractivity contribution in [1.82, 2.24) is 0 Å². The summed E-state index contributed by atoms with van der Waals surface area (Å²) in [7, 11) is -2.69. The summed E-state index contributed by atoms with van der Waals surface area (Å²) in [5.41, 5.74) is 0.562. The van der Waals surface area contributed by atoms with Crippen LogP contribution in [0.25, 0.3) is 0 Å². The van der Waals surface area contributed by atoms with Crippen LogP contribution in [0.3, 0.4) is 0 Å². The Morgan fingerprint density at radius 3 is 0.900 bits per heavy atom. The van der Waals surface area contributed by atoms with Crippen LogP contribution in [-0.2, 0) is 13.3 Å². The molecule has 4 heteroatoms. The Balaban J connectivity index is 1.55. The molecular weight excluding hydrogens is 388 g/mol. The molecule has 0 heterocycles. The van der Waals surface area contributed by atoms with Crippen LogP contribution in [0.1, 0.15) is 141 Å². The van der Waals surface area contributed by atoms with Crippen molar-refractivity contribution in [2.45, 2.75) is 165 Å². The van der Waals surface area contributed by atoms with Gasteiger partial charge in [0.05, 0.1) is 0 Å². The van der Waals surface area contributed by atoms with Gasteiger partial charge in [-0.05, 0) is 51.4 Å². The Morgan fingerprint density at radius 2 is 0.600 bits per heavy atom. The first-order valence-electron chi connectivity index (χ1n) is 13.9. The van der Waals surface area contributed by atoms with Crippen LogP contribution < -0.4 is 0 Å². The molecule has 174 valence electrons. The minimum atomic E-state index is -2.69. The van der Waals surface area contributed by atoms with Crippen molar-refractivity contribution in [1.29, 1.82) is 0 Å². The van der Waals surface area contributed by atoms with E-state index in [-0.39, 0.29) is 0 Å². The van der Waals surface area contributed by atoms with Crippen molar-refractivity contribution < 1.29 is 13.3 Å². The maximum absolute atomic E-state index is 7.22. The van der Waals surface area contributed by atoms with Gasteiger partial charge in [0, 0.05) is 23.9 Å². The first-order chi connectivity index (χ1) is 14.8. The quantitative estimate of drug-likeness (QED) is 0.298. The van der Waals surface area contributed by atoms with Gasteiger partial charge in [0.15, 0.2) is 0 Å². The molecule has 0 atom stereocenters. The van der Waals surface area contributed by atoms with E-state index in [1.165, 1.54) is 141 Å². The minimum Gasteiger partial charge on any atom is -0.370 e. The summed E-state index contributed by atoms with van der Waals surface area (Å²) < 4.78 is 21.7. The summed E-state index contributed by atoms with van der Waals surface area (Å²) in [6, 6.07) is 0. The zero-order chi connectivity index (χ0) is 20.5. The van der Waals surface area contributed by atoms with Gasteiger partial charge in [0.2, 0.25) is 0 Å². The van der Waals surface area contributed by atoms with Crippen LogP contribution in [0.4, 0.5) is 0 Å². The minimum absolute atomic E-state index is 0.385. The van der Waals surface area contributed by atoms with Gasteiger partial charge in [0.25, 0.3) is 0 Å². The van der Waals surface area contributed by atoms with E-state index in [9.17, 15) is 0 Å². The molecule has 4 aliphatic carbocycles. The first-order valence-corrected chi connectivity index (χ1v) is 15.7. The molecule has 4 aliphatic rings. The fraction of sp³-hybridized carbons (Fsp3) is 1.00. The summed E-state index contributed by atoms with van der Waals surface area (Å²) in [6.45, 7) is 0. The van der Waals surface area contributed by atoms with Gasteiger partial charge >= 0.3 is 8.80 Å². The highest BCUT2D eigenvalue weighted by molar-refractivity contribution is 6.62. The van der Waals surface area contributed by atoms with Crippen LogP contribution in [0.15, 0.2) is 0 Å². The molecule has 4 fully saturated rings. The van der Waals surface area contributed by atoms with Crippen LogP contribution >= 0.6 is 0 Å². The van der Waals surface area contributed by atoms with Crippen LogP contribution in [-0.4, -0.2) is 27.1 Å². The Morgan fingerprint density at radius 1 is 0.333 bits per heavy atom. The Hall–Kier alpha value is 0.0969. The zero-order valence-corrected chi connectivity index (χ0v) is 20.6. The normalized spacial score (nSPS) is 27.6. The van der Waals surface area contributed by atoms with Crippen molar-refractivity contribution in [3.05, 3.63) is 0 Å². The van der Waals surface area contributed by atoms with E-state index in [0.29, 0.717) is 23.9 Å². The molecule has 0 amide bonds. The molecule has 0 radical (unpaired) electrons. The molecule has 4 rings (SSSR count). The fourth-order valence-electron chi connectivity index (χ4n) is 6.43. The molecule has 0 aromatic rings. The van der Waals surface area contributed by atoms with Gasteiger partial charge < -0.3 is 13.3 Å². The number of hydrogen-bond acceptors (Lipinski definition) is 3. The lowest BCUT2D eigenvalue weighted by atomic mass is 10.2. The Kier molecular flexibility index (Phi) is 9.59. The molecule has 0 spiro atoms. The molecule has 0 aromatic carbocycles. The maximum Gasteiger partial charge on any atom is 0.504 e. The molecular formula is C26H48O3Si. The van der Waals surface area contributed by atoms with E-state index in [1.54, 1.807) is 0 Å². The Bertz CT molecular complexity index is 400. The zero-order valence-electron chi connectivity index (χ0n) is 19.6. The third-order valence-electron chi connectivity index (χ3n) is 8.25. The third kappa shape index (κ3) is 6.80. The van der Waals surface area contributed by atoms with Crippen LogP contribution in [0.2, 0.25) is 5.54 Å². The smallest absolute Gasteiger partial charge is 0.370 e. The molecule has 30 heavy (non-hydrogen) atoms. The van der Waals surface area contributed by atoms with E-state index in [0.717, 1.165) is 0 Å². The standard InChI is InChI=1S/C26H48O3Si/c1-2-8-16-23(15-7-1)27-30(26-21-13-14-22-26,28-24-17-9-3-4-10-18-24)29-25-19-11-5-6-12-20-25/h23-26H,1-22H2. The van der Waals surface area contributed by atoms with Crippen molar-refractivity contribution >= 4 is 8.80 Å². The van der Waals surface area contributed by atoms with Gasteiger partial charge in [-0.3, -0.25) is 0 Å². The van der Waals surface area contributed by atoms with E-state index < -0.39 is 8.80 Å². The van der Waals surface area contributed by atoms with E-state index in [2.05, 4.69) is 0 Å². The largest absolute Gasteiger partial charge is 0.504 e. The molecule has 0 N–H and O–H groups in total. The lowest BCUT2D eigenvalue weighted by Gasteiger charge is -2.41. The van der Waals surface area contributed by atoms with Crippen molar-refractivity contribution in [3.8, 4) is 0 Å². The second kappa shape index (κ2) is 12.4. The molecule has 4 saturated carbocycles. The van der Waals surface area contributed by atoms with E-state index in [1.807, 2.05) is 0 Å². The van der Waals surface area contributed by atoms with Crippen molar-refractivity contribution in [2.75, 3.05) is 0 Å². The van der Waals surface area contributed by atoms with Gasteiger partial charge in [-0.25, -0.2) is 0 Å². The van der Waals surface area contributed by atoms with E-state index >= 15 is 0 Å². The number of rotatable bonds is 7. The molecule has 0 bridgehead atoms. The SMILES string of the molecule is C1CCCC(O[Si](OC2CCCCCC2)(OC2CCCCCC2)C2CCCC2)CC1. The highest BCUT2D eigenvalue weighted by atomic mass is 28.4. The Labute approximate surface area is 187 Å². The summed E-state index contributed by atoms with van der Waals surface area (Å²) in [5, 5.41) is 0. The predicted octanol–water partition coefficient (Wildman–Crippen LogP) is 8.09. The van der Waals surface area contributed by atoms with E-state index in [4.69, 9.17) is 13.3 Å². The van der Waals surface area contributed by atoms with Gasteiger partial charge in [-0.15, -0.1) is 0 Å². The highest BCUT2D eigenvalue weighted by Gasteiger charge is 2.54. The highest BCUT2D eigenvalue weighted by Crippen LogP contribution is 2.45. The summed E-state index contributed by atoms with van der Waals surface area (Å²) in [6.07, 6.45) is 30.0. The van der Waals surface area contributed by atoms with Gasteiger partial charge in [-0.2, -0.15) is 0 Å². The van der Waals surface area contributed by atoms with Crippen molar-refractivity contribution in [3.63, 3.8) is 0 Å². The third-order valence-corrected chi connectivity index (χ3v) is 11.8.